The van der Waals surface area contributed by atoms with Gasteiger partial charge < -0.3 is 25.4 Å². The van der Waals surface area contributed by atoms with E-state index in [1.54, 1.807) is 0 Å². The molecule has 7 nitrogen and oxygen atoms in total. The fourth-order valence-corrected chi connectivity index (χ4v) is 5.00. The second-order valence-corrected chi connectivity index (χ2v) is 9.55. The van der Waals surface area contributed by atoms with E-state index in [1.165, 1.54) is 12.5 Å². The molecular formula is C27H31F2N3O4. The van der Waals surface area contributed by atoms with Gasteiger partial charge in [0.05, 0.1) is 18.3 Å². The van der Waals surface area contributed by atoms with Gasteiger partial charge in [-0.1, -0.05) is 17.3 Å². The first-order valence-corrected chi connectivity index (χ1v) is 12.0. The lowest BCUT2D eigenvalue weighted by atomic mass is 9.85. The molecule has 192 valence electrons. The van der Waals surface area contributed by atoms with Crippen molar-refractivity contribution in [2.24, 2.45) is 0 Å². The SMILES string of the molecule is CC(=O)N[C@@H](Cc1cc(F)cc(F)c1)C(O)(O)CN[C@H]1CCCc2ccc(-c3c(C)noc3C)cc21. The molecule has 1 aliphatic carbocycles. The van der Waals surface area contributed by atoms with Gasteiger partial charge >= 0.3 is 0 Å². The van der Waals surface area contributed by atoms with Gasteiger partial charge in [0.1, 0.15) is 17.4 Å². The zero-order chi connectivity index (χ0) is 26.0. The van der Waals surface area contributed by atoms with E-state index in [-0.39, 0.29) is 24.6 Å². The van der Waals surface area contributed by atoms with Gasteiger partial charge in [-0.25, -0.2) is 8.78 Å². The van der Waals surface area contributed by atoms with Crippen LogP contribution in [0.2, 0.25) is 0 Å². The van der Waals surface area contributed by atoms with Gasteiger partial charge in [0.2, 0.25) is 5.91 Å². The minimum Gasteiger partial charge on any atom is -0.363 e. The first-order chi connectivity index (χ1) is 17.0. The average molecular weight is 500 g/mol. The molecule has 1 amide bonds. The molecule has 0 aliphatic heterocycles. The van der Waals surface area contributed by atoms with Crippen molar-refractivity contribution < 1.29 is 28.3 Å². The molecule has 36 heavy (non-hydrogen) atoms. The maximum Gasteiger partial charge on any atom is 0.217 e. The molecule has 1 aromatic heterocycles. The first kappa shape index (κ1) is 25.9. The Labute approximate surface area is 208 Å². The molecule has 4 rings (SSSR count). The Morgan fingerprint density at radius 1 is 1.19 bits per heavy atom. The number of aliphatic hydroxyl groups is 2. The Bertz CT molecular complexity index is 1220. The number of rotatable bonds is 8. The van der Waals surface area contributed by atoms with Gasteiger partial charge in [-0.3, -0.25) is 4.79 Å². The highest BCUT2D eigenvalue weighted by atomic mass is 19.1. The number of nitrogens with zero attached hydrogens (tertiary/aromatic N) is 1. The quantitative estimate of drug-likeness (QED) is 0.353. The van der Waals surface area contributed by atoms with Crippen molar-refractivity contribution in [2.75, 3.05) is 6.54 Å². The summed E-state index contributed by atoms with van der Waals surface area (Å²) in [6.07, 6.45) is 2.46. The number of nitrogens with one attached hydrogen (secondary N) is 2. The number of carbonyl (C=O) groups is 1. The second kappa shape index (κ2) is 10.5. The lowest BCUT2D eigenvalue weighted by Gasteiger charge is -2.35. The summed E-state index contributed by atoms with van der Waals surface area (Å²) in [5, 5.41) is 31.7. The predicted octanol–water partition coefficient (Wildman–Crippen LogP) is 3.63. The fourth-order valence-electron chi connectivity index (χ4n) is 5.00. The van der Waals surface area contributed by atoms with E-state index in [2.05, 4.69) is 27.9 Å². The largest absolute Gasteiger partial charge is 0.363 e. The molecule has 0 spiro atoms. The first-order valence-electron chi connectivity index (χ1n) is 12.0. The molecule has 0 bridgehead atoms. The van der Waals surface area contributed by atoms with Crippen LogP contribution in [0.5, 0.6) is 0 Å². The number of hydrogen-bond donors (Lipinski definition) is 4. The Hall–Kier alpha value is -3.14. The van der Waals surface area contributed by atoms with Crippen LogP contribution in [0.25, 0.3) is 11.1 Å². The van der Waals surface area contributed by atoms with Crippen molar-refractivity contribution in [1.82, 2.24) is 15.8 Å². The molecule has 3 aromatic rings. The second-order valence-electron chi connectivity index (χ2n) is 9.55. The third-order valence-electron chi connectivity index (χ3n) is 6.69. The number of halogens is 2. The number of fused-ring (bicyclic) bond motifs is 1. The fraction of sp³-hybridized carbons (Fsp3) is 0.407. The molecule has 1 aliphatic rings. The third kappa shape index (κ3) is 5.80. The van der Waals surface area contributed by atoms with Gasteiger partial charge in [-0.2, -0.15) is 0 Å². The van der Waals surface area contributed by atoms with E-state index in [0.717, 1.165) is 65.6 Å². The zero-order valence-electron chi connectivity index (χ0n) is 20.6. The summed E-state index contributed by atoms with van der Waals surface area (Å²) in [6.45, 7) is 4.73. The van der Waals surface area contributed by atoms with Crippen LogP contribution in [-0.4, -0.2) is 39.7 Å². The summed E-state index contributed by atoms with van der Waals surface area (Å²) in [5.74, 6) is -3.70. The van der Waals surface area contributed by atoms with Crippen LogP contribution in [0, 0.1) is 25.5 Å². The smallest absolute Gasteiger partial charge is 0.217 e. The van der Waals surface area contributed by atoms with Gasteiger partial charge in [0.15, 0.2) is 5.79 Å². The van der Waals surface area contributed by atoms with E-state index >= 15 is 0 Å². The Kier molecular flexibility index (Phi) is 7.54. The Balaban J connectivity index is 1.54. The summed E-state index contributed by atoms with van der Waals surface area (Å²) in [4.78, 5) is 11.8. The van der Waals surface area contributed by atoms with Crippen molar-refractivity contribution in [3.8, 4) is 11.1 Å². The lowest BCUT2D eigenvalue weighted by Crippen LogP contribution is -2.58. The monoisotopic (exact) mass is 499 g/mol. The molecule has 0 radical (unpaired) electrons. The van der Waals surface area contributed by atoms with Gasteiger partial charge in [-0.05, 0) is 80.0 Å². The van der Waals surface area contributed by atoms with E-state index < -0.39 is 29.4 Å². The van der Waals surface area contributed by atoms with Crippen molar-refractivity contribution in [2.45, 2.75) is 64.3 Å². The summed E-state index contributed by atoms with van der Waals surface area (Å²) in [7, 11) is 0. The van der Waals surface area contributed by atoms with Crippen LogP contribution in [-0.2, 0) is 17.6 Å². The van der Waals surface area contributed by atoms with Crippen molar-refractivity contribution in [1.29, 1.82) is 0 Å². The number of aryl methyl sites for hydroxylation is 3. The molecule has 0 saturated heterocycles. The molecular weight excluding hydrogens is 468 g/mol. The van der Waals surface area contributed by atoms with E-state index in [1.807, 2.05) is 19.9 Å². The van der Waals surface area contributed by atoms with Gasteiger partial charge in [-0.15, -0.1) is 0 Å². The van der Waals surface area contributed by atoms with E-state index in [0.29, 0.717) is 0 Å². The minimum absolute atomic E-state index is 0.155. The van der Waals surface area contributed by atoms with Crippen LogP contribution in [0.4, 0.5) is 8.78 Å². The summed E-state index contributed by atoms with van der Waals surface area (Å²) < 4.78 is 32.7. The van der Waals surface area contributed by atoms with Gasteiger partial charge in [0.25, 0.3) is 0 Å². The molecule has 0 saturated carbocycles. The van der Waals surface area contributed by atoms with Crippen LogP contribution < -0.4 is 10.6 Å². The summed E-state index contributed by atoms with van der Waals surface area (Å²) >= 11 is 0. The molecule has 2 aromatic carbocycles. The third-order valence-corrected chi connectivity index (χ3v) is 6.69. The van der Waals surface area contributed by atoms with Crippen LogP contribution in [0.3, 0.4) is 0 Å². The van der Waals surface area contributed by atoms with Crippen LogP contribution in [0.15, 0.2) is 40.9 Å². The summed E-state index contributed by atoms with van der Waals surface area (Å²) in [6, 6.07) is 7.80. The van der Waals surface area contributed by atoms with Gasteiger partial charge in [0, 0.05) is 24.6 Å². The molecule has 1 heterocycles. The number of aromatic nitrogens is 1. The minimum atomic E-state index is -2.38. The maximum absolute atomic E-state index is 13.7. The number of hydrogen-bond acceptors (Lipinski definition) is 6. The maximum atomic E-state index is 13.7. The Morgan fingerprint density at radius 2 is 1.92 bits per heavy atom. The molecule has 0 fully saturated rings. The van der Waals surface area contributed by atoms with Crippen molar-refractivity contribution >= 4 is 5.91 Å². The highest BCUT2D eigenvalue weighted by Crippen LogP contribution is 2.35. The highest BCUT2D eigenvalue weighted by molar-refractivity contribution is 5.73. The van der Waals surface area contributed by atoms with Crippen molar-refractivity contribution in [3.05, 3.63) is 76.2 Å². The van der Waals surface area contributed by atoms with Crippen LogP contribution >= 0.6 is 0 Å². The molecule has 4 N–H and O–H groups in total. The molecule has 9 heteroatoms. The molecule has 0 unspecified atom stereocenters. The predicted molar refractivity (Wildman–Crippen MR) is 130 cm³/mol. The van der Waals surface area contributed by atoms with Crippen LogP contribution in [0.1, 0.15) is 54.0 Å². The Morgan fingerprint density at radius 3 is 2.56 bits per heavy atom. The van der Waals surface area contributed by atoms with E-state index in [9.17, 15) is 23.8 Å². The topological polar surface area (TPSA) is 108 Å². The lowest BCUT2D eigenvalue weighted by molar-refractivity contribution is -0.182. The number of benzene rings is 2. The number of amides is 1. The summed E-state index contributed by atoms with van der Waals surface area (Å²) in [5.41, 5.74) is 5.13. The van der Waals surface area contributed by atoms with E-state index in [4.69, 9.17) is 4.52 Å². The molecule has 2 atom stereocenters. The highest BCUT2D eigenvalue weighted by Gasteiger charge is 2.36. The number of carbonyl (C=O) groups excluding carboxylic acids is 1. The van der Waals surface area contributed by atoms with Crippen molar-refractivity contribution in [3.63, 3.8) is 0 Å². The standard InChI is InChI=1S/C27H31F2N3O4/c1-15-26(16(2)36-32-15)20-8-7-19-5-4-6-24(23(19)12-20)30-14-27(34,35)25(31-17(3)33)11-18-9-21(28)13-22(29)10-18/h7-10,12-13,24-25,30,34-35H,4-6,11,14H2,1-3H3,(H,31,33)/t24-,25-/m0/s1. The zero-order valence-corrected chi connectivity index (χ0v) is 20.6. The average Bonchev–Trinajstić information content (AvgIpc) is 3.14. The normalized spacial score (nSPS) is 16.5.